The van der Waals surface area contributed by atoms with E-state index in [1.165, 1.54) is 10.6 Å². The highest BCUT2D eigenvalue weighted by atomic mass is 35.5. The summed E-state index contributed by atoms with van der Waals surface area (Å²) >= 11 is 8.00. The van der Waals surface area contributed by atoms with Crippen LogP contribution in [0.5, 0.6) is 0 Å². The van der Waals surface area contributed by atoms with Crippen LogP contribution in [0.2, 0.25) is 5.02 Å². The molecule has 0 saturated carbocycles. The van der Waals surface area contributed by atoms with Gasteiger partial charge in [0.2, 0.25) is 0 Å². The second-order valence-electron chi connectivity index (χ2n) is 3.66. The van der Waals surface area contributed by atoms with Crippen molar-refractivity contribution in [2.45, 2.75) is 10.3 Å². The molecule has 0 aromatic heterocycles. The van der Waals surface area contributed by atoms with Gasteiger partial charge in [-0.3, -0.25) is 0 Å². The molecule has 0 amide bonds. The largest absolute Gasteiger partial charge is 0.368 e. The van der Waals surface area contributed by atoms with Crippen LogP contribution in [0.25, 0.3) is 0 Å². The molecule has 0 bridgehead atoms. The minimum Gasteiger partial charge on any atom is -0.368 e. The molecule has 0 saturated heterocycles. The van der Waals surface area contributed by atoms with Gasteiger partial charge in [0.25, 0.3) is 0 Å². The van der Waals surface area contributed by atoms with E-state index < -0.39 is 0 Å². The molecule has 1 atom stereocenters. The number of thioether (sulfide) groups is 1. The summed E-state index contributed by atoms with van der Waals surface area (Å²) in [6.45, 7) is 0. The van der Waals surface area contributed by atoms with E-state index in [-0.39, 0.29) is 5.37 Å². The van der Waals surface area contributed by atoms with E-state index in [9.17, 15) is 0 Å². The van der Waals surface area contributed by atoms with Gasteiger partial charge in [0.05, 0.1) is 0 Å². The molecule has 2 aromatic carbocycles. The van der Waals surface area contributed by atoms with Crippen molar-refractivity contribution in [3.8, 4) is 0 Å². The van der Waals surface area contributed by atoms with Crippen molar-refractivity contribution in [3.05, 3.63) is 59.1 Å². The van der Waals surface area contributed by atoms with Crippen molar-refractivity contribution < 1.29 is 0 Å². The van der Waals surface area contributed by atoms with Crippen LogP contribution < -0.4 is 5.32 Å². The number of benzene rings is 2. The highest BCUT2D eigenvalue weighted by Crippen LogP contribution is 2.47. The molecule has 0 aliphatic carbocycles. The van der Waals surface area contributed by atoms with Crippen molar-refractivity contribution >= 4 is 29.1 Å². The third-order valence-corrected chi connectivity index (χ3v) is 4.17. The summed E-state index contributed by atoms with van der Waals surface area (Å²) in [7, 11) is 0. The zero-order valence-electron chi connectivity index (χ0n) is 8.48. The molecule has 1 heterocycles. The lowest BCUT2D eigenvalue weighted by Crippen LogP contribution is -2.01. The minimum atomic E-state index is 0.228. The monoisotopic (exact) mass is 247 g/mol. The molecule has 1 aliphatic rings. The molecule has 1 N–H and O–H groups in total. The van der Waals surface area contributed by atoms with E-state index >= 15 is 0 Å². The molecule has 0 spiro atoms. The summed E-state index contributed by atoms with van der Waals surface area (Å²) in [5.41, 5.74) is 2.34. The van der Waals surface area contributed by atoms with E-state index in [1.54, 1.807) is 0 Å². The first-order valence-corrected chi connectivity index (χ1v) is 6.37. The van der Waals surface area contributed by atoms with Gasteiger partial charge in [-0.25, -0.2) is 0 Å². The molecule has 16 heavy (non-hydrogen) atoms. The van der Waals surface area contributed by atoms with E-state index in [4.69, 9.17) is 11.6 Å². The predicted molar refractivity (Wildman–Crippen MR) is 70.1 cm³/mol. The van der Waals surface area contributed by atoms with Crippen LogP contribution in [-0.2, 0) is 0 Å². The lowest BCUT2D eigenvalue weighted by molar-refractivity contribution is 1.13. The smallest absolute Gasteiger partial charge is 0.104 e. The number of hydrogen-bond acceptors (Lipinski definition) is 2. The maximum Gasteiger partial charge on any atom is 0.104 e. The highest BCUT2D eigenvalue weighted by Gasteiger charge is 2.23. The maximum atomic E-state index is 6.19. The zero-order valence-corrected chi connectivity index (χ0v) is 10.1. The van der Waals surface area contributed by atoms with Crippen LogP contribution in [0.1, 0.15) is 10.9 Å². The van der Waals surface area contributed by atoms with Gasteiger partial charge in [0.15, 0.2) is 0 Å². The fourth-order valence-corrected chi connectivity index (χ4v) is 3.31. The van der Waals surface area contributed by atoms with E-state index in [0.717, 1.165) is 10.6 Å². The molecule has 1 aliphatic heterocycles. The minimum absolute atomic E-state index is 0.228. The third-order valence-electron chi connectivity index (χ3n) is 2.61. The lowest BCUT2D eigenvalue weighted by Gasteiger charge is -2.12. The van der Waals surface area contributed by atoms with Gasteiger partial charge >= 0.3 is 0 Å². The number of hydrogen-bond donors (Lipinski definition) is 1. The SMILES string of the molecule is Clc1ccccc1[C@@H]1Nc2ccccc2S1. The number of halogens is 1. The maximum absolute atomic E-state index is 6.19. The zero-order chi connectivity index (χ0) is 11.0. The number of nitrogens with one attached hydrogen (secondary N) is 1. The number of anilines is 1. The summed E-state index contributed by atoms with van der Waals surface area (Å²) in [6.07, 6.45) is 0. The molecule has 80 valence electrons. The average molecular weight is 248 g/mol. The number of rotatable bonds is 1. The van der Waals surface area contributed by atoms with Gasteiger partial charge in [0, 0.05) is 21.2 Å². The first-order chi connectivity index (χ1) is 7.84. The molecule has 1 nitrogen and oxygen atoms in total. The number of fused-ring (bicyclic) bond motifs is 1. The average Bonchev–Trinajstić information content (AvgIpc) is 2.73. The van der Waals surface area contributed by atoms with Gasteiger partial charge in [-0.2, -0.15) is 0 Å². The standard InChI is InChI=1S/C13H10ClNS/c14-10-6-2-1-5-9(10)13-15-11-7-3-4-8-12(11)16-13/h1-8,13,15H/t13-/m1/s1. The van der Waals surface area contributed by atoms with E-state index in [1.807, 2.05) is 36.0 Å². The summed E-state index contributed by atoms with van der Waals surface area (Å²) < 4.78 is 0. The molecule has 0 fully saturated rings. The number of para-hydroxylation sites is 1. The van der Waals surface area contributed by atoms with Gasteiger partial charge in [-0.15, -0.1) is 0 Å². The first kappa shape index (κ1) is 10.1. The van der Waals surface area contributed by atoms with Gasteiger partial charge < -0.3 is 5.32 Å². The van der Waals surface area contributed by atoms with Gasteiger partial charge in [-0.1, -0.05) is 53.7 Å². The van der Waals surface area contributed by atoms with Crippen LogP contribution in [0.4, 0.5) is 5.69 Å². The second kappa shape index (κ2) is 4.04. The highest BCUT2D eigenvalue weighted by molar-refractivity contribution is 8.00. The molecule has 0 unspecified atom stereocenters. The van der Waals surface area contributed by atoms with Crippen molar-refractivity contribution in [1.29, 1.82) is 0 Å². The molecular formula is C13H10ClNS. The molecule has 0 radical (unpaired) electrons. The second-order valence-corrected chi connectivity index (χ2v) is 5.21. The Labute approximate surface area is 104 Å². The quantitative estimate of drug-likeness (QED) is 0.793. The van der Waals surface area contributed by atoms with E-state index in [2.05, 4.69) is 29.6 Å². The Kier molecular flexibility index (Phi) is 2.54. The van der Waals surface area contributed by atoms with Crippen molar-refractivity contribution in [2.24, 2.45) is 0 Å². The lowest BCUT2D eigenvalue weighted by atomic mass is 10.2. The summed E-state index contributed by atoms with van der Waals surface area (Å²) in [5, 5.41) is 4.52. The fraction of sp³-hybridized carbons (Fsp3) is 0.0769. The van der Waals surface area contributed by atoms with Crippen LogP contribution in [0.15, 0.2) is 53.4 Å². The van der Waals surface area contributed by atoms with E-state index in [0.29, 0.717) is 0 Å². The van der Waals surface area contributed by atoms with Crippen LogP contribution in [0.3, 0.4) is 0 Å². The van der Waals surface area contributed by atoms with Crippen molar-refractivity contribution in [3.63, 3.8) is 0 Å². The molecular weight excluding hydrogens is 238 g/mol. The van der Waals surface area contributed by atoms with Gasteiger partial charge in [-0.05, 0) is 18.2 Å². The Bertz CT molecular complexity index is 502. The Hall–Kier alpha value is -1.12. The molecule has 2 aromatic rings. The third kappa shape index (κ3) is 1.68. The Morgan fingerprint density at radius 1 is 1.00 bits per heavy atom. The topological polar surface area (TPSA) is 12.0 Å². The predicted octanol–water partition coefficient (Wildman–Crippen LogP) is 4.56. The Balaban J connectivity index is 1.95. The van der Waals surface area contributed by atoms with Crippen molar-refractivity contribution in [2.75, 3.05) is 5.32 Å². The summed E-state index contributed by atoms with van der Waals surface area (Å²) in [6, 6.07) is 16.3. The fourth-order valence-electron chi connectivity index (χ4n) is 1.82. The van der Waals surface area contributed by atoms with Crippen LogP contribution in [-0.4, -0.2) is 0 Å². The van der Waals surface area contributed by atoms with Gasteiger partial charge in [0.1, 0.15) is 5.37 Å². The molecule has 3 heteroatoms. The van der Waals surface area contributed by atoms with Crippen molar-refractivity contribution in [1.82, 2.24) is 0 Å². The molecule has 3 rings (SSSR count). The normalized spacial score (nSPS) is 17.9. The summed E-state index contributed by atoms with van der Waals surface area (Å²) in [5.74, 6) is 0. The Morgan fingerprint density at radius 3 is 2.56 bits per heavy atom. The summed E-state index contributed by atoms with van der Waals surface area (Å²) in [4.78, 5) is 1.28. The first-order valence-electron chi connectivity index (χ1n) is 5.11. The van der Waals surface area contributed by atoms with Crippen LogP contribution >= 0.6 is 23.4 Å². The van der Waals surface area contributed by atoms with Crippen LogP contribution in [0, 0.1) is 0 Å². The Morgan fingerprint density at radius 2 is 1.75 bits per heavy atom.